The van der Waals surface area contributed by atoms with Gasteiger partial charge < -0.3 is 4.90 Å². The first-order chi connectivity index (χ1) is 17.3. The van der Waals surface area contributed by atoms with Crippen LogP contribution in [0.2, 0.25) is 0 Å². The zero-order valence-corrected chi connectivity index (χ0v) is 21.2. The predicted octanol–water partition coefficient (Wildman–Crippen LogP) is 3.55. The highest BCUT2D eigenvalue weighted by Gasteiger charge is 2.49. The van der Waals surface area contributed by atoms with Gasteiger partial charge in [-0.25, -0.2) is 4.39 Å². The minimum Gasteiger partial charge on any atom is -0.303 e. The van der Waals surface area contributed by atoms with Crippen molar-refractivity contribution in [2.75, 3.05) is 19.6 Å². The van der Waals surface area contributed by atoms with E-state index in [2.05, 4.69) is 24.1 Å². The molecule has 5 atom stereocenters. The van der Waals surface area contributed by atoms with Crippen LogP contribution >= 0.6 is 0 Å². The summed E-state index contributed by atoms with van der Waals surface area (Å²) in [4.78, 5) is 53.2. The van der Waals surface area contributed by atoms with E-state index in [4.69, 9.17) is 0 Å². The van der Waals surface area contributed by atoms with Crippen LogP contribution in [0.15, 0.2) is 12.1 Å². The van der Waals surface area contributed by atoms with Gasteiger partial charge in [-0.1, -0.05) is 20.3 Å². The summed E-state index contributed by atoms with van der Waals surface area (Å²) in [5, 5.41) is 2.18. The van der Waals surface area contributed by atoms with Crippen LogP contribution in [-0.4, -0.2) is 59.1 Å². The van der Waals surface area contributed by atoms with Crippen molar-refractivity contribution in [2.45, 2.75) is 71.3 Å². The Labute approximate surface area is 211 Å². The van der Waals surface area contributed by atoms with Crippen molar-refractivity contribution in [3.8, 4) is 0 Å². The van der Waals surface area contributed by atoms with Gasteiger partial charge in [-0.15, -0.1) is 0 Å². The van der Waals surface area contributed by atoms with Crippen LogP contribution in [0.4, 0.5) is 4.39 Å². The molecular formula is C28H36FN3O4. The lowest BCUT2D eigenvalue weighted by molar-refractivity contribution is -0.136. The van der Waals surface area contributed by atoms with Gasteiger partial charge in [0.2, 0.25) is 11.8 Å². The smallest absolute Gasteiger partial charge is 0.262 e. The number of aryl methyl sites for hydroxylation is 1. The van der Waals surface area contributed by atoms with Crippen LogP contribution in [0.25, 0.3) is 0 Å². The molecule has 1 aromatic carbocycles. The summed E-state index contributed by atoms with van der Waals surface area (Å²) in [6, 6.07) is 1.61. The Bertz CT molecular complexity index is 1090. The van der Waals surface area contributed by atoms with Crippen molar-refractivity contribution < 1.29 is 23.6 Å². The number of rotatable bonds is 7. The van der Waals surface area contributed by atoms with Crippen LogP contribution in [0.5, 0.6) is 0 Å². The van der Waals surface area contributed by atoms with Crippen molar-refractivity contribution >= 4 is 23.6 Å². The van der Waals surface area contributed by atoms with Crippen molar-refractivity contribution in [1.29, 1.82) is 0 Å². The lowest BCUT2D eigenvalue weighted by Gasteiger charge is -2.27. The summed E-state index contributed by atoms with van der Waals surface area (Å²) >= 11 is 0. The number of nitrogens with zero attached hydrogens (tertiary/aromatic N) is 2. The highest BCUT2D eigenvalue weighted by atomic mass is 19.1. The average molecular weight is 498 g/mol. The molecule has 8 heteroatoms. The number of carbonyl (C=O) groups is 4. The summed E-state index contributed by atoms with van der Waals surface area (Å²) in [7, 11) is 0. The highest BCUT2D eigenvalue weighted by Crippen LogP contribution is 2.51. The predicted molar refractivity (Wildman–Crippen MR) is 132 cm³/mol. The van der Waals surface area contributed by atoms with Gasteiger partial charge in [0, 0.05) is 13.0 Å². The van der Waals surface area contributed by atoms with E-state index < -0.39 is 35.5 Å². The van der Waals surface area contributed by atoms with E-state index in [1.807, 2.05) is 0 Å². The fourth-order valence-electron chi connectivity index (χ4n) is 6.68. The number of imide groups is 2. The van der Waals surface area contributed by atoms with Crippen LogP contribution in [0.3, 0.4) is 0 Å². The number of piperidine rings is 1. The Morgan fingerprint density at radius 3 is 2.44 bits per heavy atom. The molecule has 194 valence electrons. The number of nitrogens with one attached hydrogen (secondary N) is 1. The number of likely N-dealkylation sites (tertiary alicyclic amines) is 1. The Morgan fingerprint density at radius 2 is 1.72 bits per heavy atom. The molecule has 3 heterocycles. The minimum atomic E-state index is -1.04. The van der Waals surface area contributed by atoms with Crippen LogP contribution in [0.1, 0.15) is 85.1 Å². The van der Waals surface area contributed by atoms with Crippen LogP contribution < -0.4 is 5.32 Å². The number of halogens is 1. The van der Waals surface area contributed by atoms with Gasteiger partial charge in [0.25, 0.3) is 11.8 Å². The molecule has 0 spiro atoms. The third-order valence-electron chi connectivity index (χ3n) is 8.91. The standard InChI is InChI=1S/C28H36FN3O4/c1-3-18-19(22(18)15-31-11-4-5-16(2)10-12-31)7-6-17-13-20-21(14-23(17)29)28(36)32(27(20)35)24-8-9-25(33)30-26(24)34/h13-14,16,18-19,22,24H,3-12,15H2,1-2H3,(H,30,33,34)/t16?,18-,19+,22+,24?/m0/s1. The van der Waals surface area contributed by atoms with Crippen molar-refractivity contribution in [3.63, 3.8) is 0 Å². The van der Waals surface area contributed by atoms with Crippen LogP contribution in [0, 0.1) is 29.5 Å². The molecule has 2 unspecified atom stereocenters. The van der Waals surface area contributed by atoms with Gasteiger partial charge in [0.05, 0.1) is 11.1 Å². The molecule has 1 aliphatic carbocycles. The third-order valence-corrected chi connectivity index (χ3v) is 8.91. The second-order valence-corrected chi connectivity index (χ2v) is 11.2. The molecule has 7 nitrogen and oxygen atoms in total. The maximum atomic E-state index is 15.0. The second-order valence-electron chi connectivity index (χ2n) is 11.2. The zero-order chi connectivity index (χ0) is 25.6. The third kappa shape index (κ3) is 4.72. The van der Waals surface area contributed by atoms with Crippen molar-refractivity contribution in [1.82, 2.24) is 15.1 Å². The Balaban J connectivity index is 1.24. The lowest BCUT2D eigenvalue weighted by Crippen LogP contribution is -2.54. The van der Waals surface area contributed by atoms with E-state index in [1.54, 1.807) is 0 Å². The quantitative estimate of drug-likeness (QED) is 0.582. The molecule has 0 aromatic heterocycles. The number of benzene rings is 1. The maximum absolute atomic E-state index is 15.0. The topological polar surface area (TPSA) is 86.8 Å². The summed E-state index contributed by atoms with van der Waals surface area (Å²) in [5.41, 5.74) is 0.598. The zero-order valence-electron chi connectivity index (χ0n) is 21.2. The van der Waals surface area contributed by atoms with Crippen molar-refractivity contribution in [3.05, 3.63) is 34.6 Å². The molecule has 4 aliphatic rings. The number of hydrogen-bond donors (Lipinski definition) is 1. The summed E-state index contributed by atoms with van der Waals surface area (Å²) in [6.45, 7) is 8.03. The van der Waals surface area contributed by atoms with E-state index in [0.29, 0.717) is 29.7 Å². The minimum absolute atomic E-state index is 0.00271. The molecule has 1 aromatic rings. The van der Waals surface area contributed by atoms with E-state index in [0.717, 1.165) is 36.3 Å². The molecule has 3 fully saturated rings. The molecule has 1 N–H and O–H groups in total. The van der Waals surface area contributed by atoms with E-state index in [-0.39, 0.29) is 24.0 Å². The first-order valence-corrected chi connectivity index (χ1v) is 13.5. The second kappa shape index (κ2) is 10.0. The highest BCUT2D eigenvalue weighted by molar-refractivity contribution is 6.23. The summed E-state index contributed by atoms with van der Waals surface area (Å²) in [6.07, 6.45) is 6.48. The first kappa shape index (κ1) is 25.1. The molecule has 2 saturated heterocycles. The fourth-order valence-corrected chi connectivity index (χ4v) is 6.68. The van der Waals surface area contributed by atoms with Gasteiger partial charge >= 0.3 is 0 Å². The average Bonchev–Trinajstić information content (AvgIpc) is 3.51. The molecule has 3 aliphatic heterocycles. The maximum Gasteiger partial charge on any atom is 0.262 e. The van der Waals surface area contributed by atoms with Gasteiger partial charge in [-0.2, -0.15) is 0 Å². The monoisotopic (exact) mass is 497 g/mol. The molecule has 0 radical (unpaired) electrons. The van der Waals surface area contributed by atoms with Gasteiger partial charge in [0.15, 0.2) is 0 Å². The SMILES string of the molecule is CC[C@H]1[C@@H](CCc2cc3c(cc2F)C(=O)N(C2CCC(=O)NC2=O)C3=O)[C@@H]1CN1CCCC(C)CC1. The number of carbonyl (C=O) groups excluding carboxylic acids is 4. The van der Waals surface area contributed by atoms with Gasteiger partial charge in [-0.3, -0.25) is 29.4 Å². The molecule has 5 rings (SSSR count). The van der Waals surface area contributed by atoms with Crippen molar-refractivity contribution in [2.24, 2.45) is 23.7 Å². The molecular weight excluding hydrogens is 461 g/mol. The van der Waals surface area contributed by atoms with E-state index >= 15 is 4.39 Å². The van der Waals surface area contributed by atoms with Gasteiger partial charge in [0.1, 0.15) is 11.9 Å². The lowest BCUT2D eigenvalue weighted by atomic mass is 10.00. The normalized spacial score (nSPS) is 30.9. The molecule has 36 heavy (non-hydrogen) atoms. The Kier molecular flexibility index (Phi) is 6.99. The number of hydrogen-bond acceptors (Lipinski definition) is 5. The van der Waals surface area contributed by atoms with Gasteiger partial charge in [-0.05, 0) is 93.0 Å². The summed E-state index contributed by atoms with van der Waals surface area (Å²) < 4.78 is 15.0. The fraction of sp³-hybridized carbons (Fsp3) is 0.643. The largest absolute Gasteiger partial charge is 0.303 e. The number of fused-ring (bicyclic) bond motifs is 1. The Morgan fingerprint density at radius 1 is 0.972 bits per heavy atom. The molecule has 4 amide bonds. The number of amides is 4. The Hall–Kier alpha value is -2.61. The first-order valence-electron chi connectivity index (χ1n) is 13.5. The van der Waals surface area contributed by atoms with Crippen LogP contribution in [-0.2, 0) is 16.0 Å². The summed E-state index contributed by atoms with van der Waals surface area (Å²) in [5.74, 6) is -0.155. The molecule has 0 bridgehead atoms. The molecule has 1 saturated carbocycles. The van der Waals surface area contributed by atoms with E-state index in [1.165, 1.54) is 38.4 Å². The van der Waals surface area contributed by atoms with E-state index in [9.17, 15) is 19.2 Å².